The van der Waals surface area contributed by atoms with E-state index < -0.39 is 0 Å². The molecule has 0 aliphatic carbocycles. The molecule has 0 bridgehead atoms. The van der Waals surface area contributed by atoms with E-state index in [0.717, 1.165) is 24.4 Å². The van der Waals surface area contributed by atoms with Gasteiger partial charge in [-0.1, -0.05) is 13.8 Å². The molecule has 3 heteroatoms. The van der Waals surface area contributed by atoms with E-state index >= 15 is 0 Å². The number of aromatic nitrogens is 3. The normalized spacial score (nSPS) is 14.8. The highest BCUT2D eigenvalue weighted by molar-refractivity contribution is 5.59. The van der Waals surface area contributed by atoms with Crippen molar-refractivity contribution in [1.29, 1.82) is 0 Å². The number of pyridine rings is 1. The van der Waals surface area contributed by atoms with Crippen LogP contribution in [-0.4, -0.2) is 14.8 Å². The number of aryl methyl sites for hydroxylation is 2. The summed E-state index contributed by atoms with van der Waals surface area (Å²) in [7, 11) is 0. The smallest absolute Gasteiger partial charge is 0.0927 e. The second-order valence-electron chi connectivity index (χ2n) is 5.33. The SMILES string of the molecule is CC(C)c1cc(-c2cc3n(n2)CCCC3)ccn1. The van der Waals surface area contributed by atoms with Gasteiger partial charge in [0.05, 0.1) is 5.69 Å². The molecule has 3 heterocycles. The molecule has 1 aliphatic heterocycles. The molecule has 0 unspecified atom stereocenters. The molecule has 18 heavy (non-hydrogen) atoms. The zero-order chi connectivity index (χ0) is 12.5. The monoisotopic (exact) mass is 241 g/mol. The molecule has 0 fully saturated rings. The summed E-state index contributed by atoms with van der Waals surface area (Å²) < 4.78 is 2.16. The molecule has 1 aliphatic rings. The Morgan fingerprint density at radius 1 is 1.22 bits per heavy atom. The van der Waals surface area contributed by atoms with Crippen LogP contribution in [0.2, 0.25) is 0 Å². The molecule has 0 amide bonds. The van der Waals surface area contributed by atoms with Crippen LogP contribution in [0.25, 0.3) is 11.3 Å². The van der Waals surface area contributed by atoms with E-state index in [1.165, 1.54) is 24.1 Å². The number of hydrogen-bond acceptors (Lipinski definition) is 2. The molecular formula is C15H19N3. The molecule has 0 saturated heterocycles. The van der Waals surface area contributed by atoms with Crippen LogP contribution in [0.4, 0.5) is 0 Å². The average Bonchev–Trinajstić information content (AvgIpc) is 2.82. The fourth-order valence-electron chi connectivity index (χ4n) is 2.48. The van der Waals surface area contributed by atoms with Crippen molar-refractivity contribution in [2.45, 2.75) is 45.6 Å². The second-order valence-corrected chi connectivity index (χ2v) is 5.33. The molecule has 0 aromatic carbocycles. The van der Waals surface area contributed by atoms with Crippen molar-refractivity contribution < 1.29 is 0 Å². The van der Waals surface area contributed by atoms with Crippen molar-refractivity contribution in [2.75, 3.05) is 0 Å². The van der Waals surface area contributed by atoms with Gasteiger partial charge in [0.25, 0.3) is 0 Å². The van der Waals surface area contributed by atoms with Gasteiger partial charge in [-0.25, -0.2) is 0 Å². The topological polar surface area (TPSA) is 30.7 Å². The van der Waals surface area contributed by atoms with Crippen molar-refractivity contribution >= 4 is 0 Å². The summed E-state index contributed by atoms with van der Waals surface area (Å²) >= 11 is 0. The highest BCUT2D eigenvalue weighted by Gasteiger charge is 2.13. The van der Waals surface area contributed by atoms with Crippen molar-refractivity contribution in [2.24, 2.45) is 0 Å². The maximum Gasteiger partial charge on any atom is 0.0927 e. The zero-order valence-corrected chi connectivity index (χ0v) is 11.1. The van der Waals surface area contributed by atoms with E-state index in [-0.39, 0.29) is 0 Å². The van der Waals surface area contributed by atoms with Crippen LogP contribution in [0.5, 0.6) is 0 Å². The van der Waals surface area contributed by atoms with Crippen LogP contribution in [0.15, 0.2) is 24.4 Å². The van der Waals surface area contributed by atoms with Crippen LogP contribution in [-0.2, 0) is 13.0 Å². The molecule has 94 valence electrons. The fourth-order valence-corrected chi connectivity index (χ4v) is 2.48. The lowest BCUT2D eigenvalue weighted by atomic mass is 10.1. The summed E-state index contributed by atoms with van der Waals surface area (Å²) in [6.45, 7) is 5.41. The van der Waals surface area contributed by atoms with E-state index in [1.54, 1.807) is 0 Å². The Labute approximate surface area is 108 Å². The number of hydrogen-bond donors (Lipinski definition) is 0. The van der Waals surface area contributed by atoms with Gasteiger partial charge in [-0.2, -0.15) is 5.10 Å². The summed E-state index contributed by atoms with van der Waals surface area (Å²) in [5, 5.41) is 4.71. The lowest BCUT2D eigenvalue weighted by molar-refractivity contribution is 0.487. The Morgan fingerprint density at radius 2 is 2.11 bits per heavy atom. The van der Waals surface area contributed by atoms with Gasteiger partial charge in [0.15, 0.2) is 0 Å². The van der Waals surface area contributed by atoms with Gasteiger partial charge in [-0.3, -0.25) is 9.67 Å². The van der Waals surface area contributed by atoms with Gasteiger partial charge in [-0.05, 0) is 43.4 Å². The first-order valence-electron chi connectivity index (χ1n) is 6.77. The fraction of sp³-hybridized carbons (Fsp3) is 0.467. The Hall–Kier alpha value is -1.64. The van der Waals surface area contributed by atoms with Gasteiger partial charge in [0.2, 0.25) is 0 Å². The molecule has 0 atom stereocenters. The van der Waals surface area contributed by atoms with Crippen LogP contribution < -0.4 is 0 Å². The second kappa shape index (κ2) is 4.56. The van der Waals surface area contributed by atoms with Gasteiger partial charge in [0.1, 0.15) is 0 Å². The van der Waals surface area contributed by atoms with Gasteiger partial charge in [-0.15, -0.1) is 0 Å². The van der Waals surface area contributed by atoms with E-state index in [2.05, 4.69) is 41.7 Å². The Kier molecular flexibility index (Phi) is 2.90. The zero-order valence-electron chi connectivity index (χ0n) is 11.1. The minimum atomic E-state index is 0.460. The standard InChI is InChI=1S/C15H19N3/c1-11(2)14-9-12(6-7-16-14)15-10-13-5-3-4-8-18(13)17-15/h6-7,9-11H,3-5,8H2,1-2H3. The maximum atomic E-state index is 4.71. The van der Waals surface area contributed by atoms with Crippen LogP contribution in [0.3, 0.4) is 0 Å². The van der Waals surface area contributed by atoms with E-state index in [9.17, 15) is 0 Å². The molecule has 2 aromatic heterocycles. The number of fused-ring (bicyclic) bond motifs is 1. The van der Waals surface area contributed by atoms with E-state index in [1.807, 2.05) is 6.20 Å². The molecule has 0 radical (unpaired) electrons. The largest absolute Gasteiger partial charge is 0.269 e. The highest BCUT2D eigenvalue weighted by atomic mass is 15.3. The summed E-state index contributed by atoms with van der Waals surface area (Å²) in [5.41, 5.74) is 4.80. The third-order valence-corrected chi connectivity index (χ3v) is 3.58. The van der Waals surface area contributed by atoms with Gasteiger partial charge in [0, 0.05) is 29.7 Å². The predicted molar refractivity (Wildman–Crippen MR) is 72.5 cm³/mol. The predicted octanol–water partition coefficient (Wildman–Crippen LogP) is 3.40. The van der Waals surface area contributed by atoms with Crippen LogP contribution in [0, 0.1) is 0 Å². The van der Waals surface area contributed by atoms with E-state index in [4.69, 9.17) is 5.10 Å². The first kappa shape index (κ1) is 11.5. The molecular weight excluding hydrogens is 222 g/mol. The number of nitrogens with zero attached hydrogens (tertiary/aromatic N) is 3. The number of rotatable bonds is 2. The molecule has 0 saturated carbocycles. The van der Waals surface area contributed by atoms with Crippen LogP contribution in [0.1, 0.15) is 44.0 Å². The lowest BCUT2D eigenvalue weighted by Gasteiger charge is -2.11. The van der Waals surface area contributed by atoms with Crippen molar-refractivity contribution in [1.82, 2.24) is 14.8 Å². The minimum Gasteiger partial charge on any atom is -0.269 e. The lowest BCUT2D eigenvalue weighted by Crippen LogP contribution is -2.10. The first-order chi connectivity index (χ1) is 8.74. The average molecular weight is 241 g/mol. The molecule has 0 spiro atoms. The molecule has 3 rings (SSSR count). The molecule has 3 nitrogen and oxygen atoms in total. The molecule has 2 aromatic rings. The van der Waals surface area contributed by atoms with Crippen molar-refractivity contribution in [3.63, 3.8) is 0 Å². The van der Waals surface area contributed by atoms with Crippen molar-refractivity contribution in [3.8, 4) is 11.3 Å². The Balaban J connectivity index is 1.99. The van der Waals surface area contributed by atoms with Gasteiger partial charge >= 0.3 is 0 Å². The third-order valence-electron chi connectivity index (χ3n) is 3.58. The minimum absolute atomic E-state index is 0.460. The Bertz CT molecular complexity index is 531. The summed E-state index contributed by atoms with van der Waals surface area (Å²) in [4.78, 5) is 4.41. The first-order valence-corrected chi connectivity index (χ1v) is 6.77. The third kappa shape index (κ3) is 2.05. The van der Waals surface area contributed by atoms with Gasteiger partial charge < -0.3 is 0 Å². The maximum absolute atomic E-state index is 4.71. The van der Waals surface area contributed by atoms with Crippen molar-refractivity contribution in [3.05, 3.63) is 35.8 Å². The van der Waals surface area contributed by atoms with Crippen LogP contribution >= 0.6 is 0 Å². The van der Waals surface area contributed by atoms with E-state index in [0.29, 0.717) is 5.92 Å². The summed E-state index contributed by atoms with van der Waals surface area (Å²) in [6.07, 6.45) is 5.60. The summed E-state index contributed by atoms with van der Waals surface area (Å²) in [5.74, 6) is 0.460. The summed E-state index contributed by atoms with van der Waals surface area (Å²) in [6, 6.07) is 6.46. The Morgan fingerprint density at radius 3 is 2.89 bits per heavy atom. The quantitative estimate of drug-likeness (QED) is 0.806. The molecule has 0 N–H and O–H groups in total. The highest BCUT2D eigenvalue weighted by Crippen LogP contribution is 2.24.